The van der Waals surface area contributed by atoms with Crippen LogP contribution in [0.25, 0.3) is 11.3 Å². The SMILES string of the molecule is C=CCNc1cc(-c2ccccc2)nc(Nc2cccc(C(=O)OC)c2)n1. The average molecular weight is 360 g/mol. The summed E-state index contributed by atoms with van der Waals surface area (Å²) in [6, 6.07) is 18.7. The van der Waals surface area contributed by atoms with Crippen molar-refractivity contribution in [2.45, 2.75) is 0 Å². The number of rotatable bonds is 7. The van der Waals surface area contributed by atoms with Gasteiger partial charge in [0.1, 0.15) is 5.82 Å². The molecule has 2 N–H and O–H groups in total. The highest BCUT2D eigenvalue weighted by Gasteiger charge is 2.09. The number of carbonyl (C=O) groups is 1. The van der Waals surface area contributed by atoms with Gasteiger partial charge >= 0.3 is 5.97 Å². The molecule has 1 aromatic heterocycles. The van der Waals surface area contributed by atoms with Crippen molar-refractivity contribution < 1.29 is 9.53 Å². The van der Waals surface area contributed by atoms with Gasteiger partial charge in [0.05, 0.1) is 18.4 Å². The van der Waals surface area contributed by atoms with Gasteiger partial charge in [-0.1, -0.05) is 42.5 Å². The molecule has 0 saturated heterocycles. The molecule has 0 saturated carbocycles. The molecule has 0 aliphatic heterocycles. The van der Waals surface area contributed by atoms with Crippen LogP contribution in [0.2, 0.25) is 0 Å². The number of nitrogens with zero attached hydrogens (tertiary/aromatic N) is 2. The molecule has 0 atom stereocenters. The Morgan fingerprint density at radius 3 is 2.67 bits per heavy atom. The van der Waals surface area contributed by atoms with Crippen LogP contribution < -0.4 is 10.6 Å². The maximum atomic E-state index is 11.7. The molecule has 0 spiro atoms. The first-order valence-corrected chi connectivity index (χ1v) is 8.44. The second kappa shape index (κ2) is 8.62. The van der Waals surface area contributed by atoms with Gasteiger partial charge in [-0.15, -0.1) is 6.58 Å². The number of esters is 1. The Labute approximate surface area is 157 Å². The average Bonchev–Trinajstić information content (AvgIpc) is 2.72. The van der Waals surface area contributed by atoms with E-state index in [9.17, 15) is 4.79 Å². The molecule has 136 valence electrons. The first-order chi connectivity index (χ1) is 13.2. The molecule has 0 fully saturated rings. The lowest BCUT2D eigenvalue weighted by molar-refractivity contribution is 0.0601. The van der Waals surface area contributed by atoms with E-state index < -0.39 is 5.97 Å². The predicted octanol–water partition coefficient (Wildman–Crippen LogP) is 4.27. The summed E-state index contributed by atoms with van der Waals surface area (Å²) in [5.74, 6) is 0.700. The van der Waals surface area contributed by atoms with Crippen LogP contribution in [-0.2, 0) is 4.74 Å². The van der Waals surface area contributed by atoms with Crippen LogP contribution in [0, 0.1) is 0 Å². The van der Waals surface area contributed by atoms with E-state index in [4.69, 9.17) is 4.74 Å². The zero-order chi connectivity index (χ0) is 19.1. The fourth-order valence-electron chi connectivity index (χ4n) is 2.50. The maximum absolute atomic E-state index is 11.7. The summed E-state index contributed by atoms with van der Waals surface area (Å²) >= 11 is 0. The Balaban J connectivity index is 1.94. The first kappa shape index (κ1) is 18.1. The topological polar surface area (TPSA) is 76.1 Å². The van der Waals surface area contributed by atoms with E-state index in [0.29, 0.717) is 29.6 Å². The van der Waals surface area contributed by atoms with Crippen molar-refractivity contribution in [3.8, 4) is 11.3 Å². The third kappa shape index (κ3) is 4.70. The summed E-state index contributed by atoms with van der Waals surface area (Å²) in [5.41, 5.74) is 2.90. The Kier molecular flexibility index (Phi) is 5.79. The summed E-state index contributed by atoms with van der Waals surface area (Å²) in [5, 5.41) is 6.34. The van der Waals surface area contributed by atoms with Gasteiger partial charge in [0, 0.05) is 23.9 Å². The van der Waals surface area contributed by atoms with Gasteiger partial charge < -0.3 is 15.4 Å². The Bertz CT molecular complexity index is 942. The van der Waals surface area contributed by atoms with Gasteiger partial charge in [0.15, 0.2) is 0 Å². The Morgan fingerprint density at radius 2 is 1.93 bits per heavy atom. The van der Waals surface area contributed by atoms with Crippen LogP contribution in [0.5, 0.6) is 0 Å². The van der Waals surface area contributed by atoms with Crippen molar-refractivity contribution in [1.82, 2.24) is 9.97 Å². The molecule has 0 bridgehead atoms. The second-order valence-corrected chi connectivity index (χ2v) is 5.70. The number of benzene rings is 2. The van der Waals surface area contributed by atoms with Crippen LogP contribution in [0.4, 0.5) is 17.5 Å². The fraction of sp³-hybridized carbons (Fsp3) is 0.0952. The number of methoxy groups -OCH3 is 1. The summed E-state index contributed by atoms with van der Waals surface area (Å²) in [4.78, 5) is 20.8. The van der Waals surface area contributed by atoms with Crippen LogP contribution in [0.15, 0.2) is 73.3 Å². The van der Waals surface area contributed by atoms with Crippen LogP contribution in [0.3, 0.4) is 0 Å². The molecule has 0 aliphatic rings. The van der Waals surface area contributed by atoms with Gasteiger partial charge in [0.25, 0.3) is 0 Å². The number of hydrogen-bond acceptors (Lipinski definition) is 6. The number of hydrogen-bond donors (Lipinski definition) is 2. The summed E-state index contributed by atoms with van der Waals surface area (Å²) in [6.45, 7) is 4.30. The van der Waals surface area contributed by atoms with Crippen molar-refractivity contribution >= 4 is 23.4 Å². The maximum Gasteiger partial charge on any atom is 0.337 e. The molecule has 0 unspecified atom stereocenters. The molecule has 3 rings (SSSR count). The predicted molar refractivity (Wildman–Crippen MR) is 107 cm³/mol. The molecular formula is C21H20N4O2. The summed E-state index contributed by atoms with van der Waals surface area (Å²) in [7, 11) is 1.35. The number of ether oxygens (including phenoxy) is 1. The van der Waals surface area contributed by atoms with Crippen LogP contribution in [-0.4, -0.2) is 29.6 Å². The van der Waals surface area contributed by atoms with Crippen molar-refractivity contribution in [2.75, 3.05) is 24.3 Å². The molecule has 0 amide bonds. The van der Waals surface area contributed by atoms with E-state index in [0.717, 1.165) is 11.3 Å². The van der Waals surface area contributed by atoms with Gasteiger partial charge in [-0.3, -0.25) is 0 Å². The quantitative estimate of drug-likeness (QED) is 0.484. The molecule has 27 heavy (non-hydrogen) atoms. The number of carbonyl (C=O) groups excluding carboxylic acids is 1. The van der Waals surface area contributed by atoms with E-state index >= 15 is 0 Å². The minimum Gasteiger partial charge on any atom is -0.465 e. The molecule has 1 heterocycles. The lowest BCUT2D eigenvalue weighted by Gasteiger charge is -2.11. The normalized spacial score (nSPS) is 10.1. The highest BCUT2D eigenvalue weighted by Crippen LogP contribution is 2.23. The van der Waals surface area contributed by atoms with Gasteiger partial charge in [0.2, 0.25) is 5.95 Å². The first-order valence-electron chi connectivity index (χ1n) is 8.44. The van der Waals surface area contributed by atoms with Gasteiger partial charge in [-0.05, 0) is 18.2 Å². The van der Waals surface area contributed by atoms with Crippen molar-refractivity contribution in [3.05, 3.63) is 78.9 Å². The largest absolute Gasteiger partial charge is 0.465 e. The highest BCUT2D eigenvalue weighted by molar-refractivity contribution is 5.90. The molecular weight excluding hydrogens is 340 g/mol. The minimum absolute atomic E-state index is 0.397. The van der Waals surface area contributed by atoms with E-state index in [1.807, 2.05) is 42.5 Å². The lowest BCUT2D eigenvalue weighted by atomic mass is 10.1. The molecule has 6 nitrogen and oxygen atoms in total. The highest BCUT2D eigenvalue weighted by atomic mass is 16.5. The molecule has 0 aliphatic carbocycles. The Hall–Kier alpha value is -3.67. The number of nitrogens with one attached hydrogen (secondary N) is 2. The van der Waals surface area contributed by atoms with E-state index in [1.54, 1.807) is 24.3 Å². The summed E-state index contributed by atoms with van der Waals surface area (Å²) in [6.07, 6.45) is 1.76. The molecule has 2 aromatic carbocycles. The van der Waals surface area contributed by atoms with E-state index in [-0.39, 0.29) is 0 Å². The van der Waals surface area contributed by atoms with Crippen LogP contribution >= 0.6 is 0 Å². The lowest BCUT2D eigenvalue weighted by Crippen LogP contribution is -2.06. The zero-order valence-corrected chi connectivity index (χ0v) is 15.0. The number of anilines is 3. The smallest absolute Gasteiger partial charge is 0.337 e. The Morgan fingerprint density at radius 1 is 1.11 bits per heavy atom. The van der Waals surface area contributed by atoms with Crippen LogP contribution in [0.1, 0.15) is 10.4 Å². The monoisotopic (exact) mass is 360 g/mol. The van der Waals surface area contributed by atoms with Gasteiger partial charge in [-0.2, -0.15) is 4.98 Å². The molecule has 3 aromatic rings. The zero-order valence-electron chi connectivity index (χ0n) is 15.0. The minimum atomic E-state index is -0.397. The van der Waals surface area contributed by atoms with Crippen molar-refractivity contribution in [3.63, 3.8) is 0 Å². The molecule has 0 radical (unpaired) electrons. The second-order valence-electron chi connectivity index (χ2n) is 5.70. The van der Waals surface area contributed by atoms with Crippen molar-refractivity contribution in [1.29, 1.82) is 0 Å². The number of aromatic nitrogens is 2. The van der Waals surface area contributed by atoms with Crippen molar-refractivity contribution in [2.24, 2.45) is 0 Å². The third-order valence-electron chi connectivity index (χ3n) is 3.76. The standard InChI is InChI=1S/C21H20N4O2/c1-3-12-22-19-14-18(15-8-5-4-6-9-15)24-21(25-19)23-17-11-7-10-16(13-17)20(26)27-2/h3-11,13-14H,1,12H2,2H3,(H2,22,23,24,25). The molecule has 6 heteroatoms. The van der Waals surface area contributed by atoms with Gasteiger partial charge in [-0.25, -0.2) is 9.78 Å². The van der Waals surface area contributed by atoms with E-state index in [1.165, 1.54) is 7.11 Å². The summed E-state index contributed by atoms with van der Waals surface area (Å²) < 4.78 is 4.76. The van der Waals surface area contributed by atoms with E-state index in [2.05, 4.69) is 27.2 Å². The third-order valence-corrected chi connectivity index (χ3v) is 3.76. The fourth-order valence-corrected chi connectivity index (χ4v) is 2.50.